The van der Waals surface area contributed by atoms with Crippen molar-refractivity contribution in [2.45, 2.75) is 59.0 Å². The Labute approximate surface area is 201 Å². The van der Waals surface area contributed by atoms with E-state index in [2.05, 4.69) is 41.1 Å². The molecule has 0 saturated carbocycles. The van der Waals surface area contributed by atoms with Gasteiger partial charge in [0.2, 0.25) is 5.89 Å². The molecular weight excluding hydrogens is 428 g/mol. The smallest absolute Gasteiger partial charge is 0.323 e. The topological polar surface area (TPSA) is 64.8 Å². The first-order valence-corrected chi connectivity index (χ1v) is 12.2. The summed E-state index contributed by atoms with van der Waals surface area (Å²) in [7, 11) is 0. The SMILES string of the molecule is CCOC(=O)C1CCCCN1Cc1cccc(OCCc2nc(-c3ccc(C)cc3)oc2C)c1. The Morgan fingerprint density at radius 3 is 2.76 bits per heavy atom. The van der Waals surface area contributed by atoms with Gasteiger partial charge in [0.1, 0.15) is 17.6 Å². The molecule has 2 aromatic carbocycles. The third kappa shape index (κ3) is 6.06. The number of nitrogens with zero attached hydrogens (tertiary/aromatic N) is 2. The molecule has 0 spiro atoms. The maximum absolute atomic E-state index is 12.4. The largest absolute Gasteiger partial charge is 0.493 e. The van der Waals surface area contributed by atoms with Gasteiger partial charge in [-0.25, -0.2) is 4.98 Å². The Kier molecular flexibility index (Phi) is 8.01. The van der Waals surface area contributed by atoms with Crippen LogP contribution in [0.1, 0.15) is 48.8 Å². The lowest BCUT2D eigenvalue weighted by Crippen LogP contribution is -2.44. The van der Waals surface area contributed by atoms with E-state index in [1.54, 1.807) is 0 Å². The van der Waals surface area contributed by atoms with Crippen molar-refractivity contribution in [3.63, 3.8) is 0 Å². The van der Waals surface area contributed by atoms with Crippen LogP contribution in [0.2, 0.25) is 0 Å². The molecule has 180 valence electrons. The van der Waals surface area contributed by atoms with Crippen molar-refractivity contribution in [1.82, 2.24) is 9.88 Å². The zero-order valence-electron chi connectivity index (χ0n) is 20.4. The standard InChI is InChI=1S/C28H34N2O4/c1-4-32-28(31)26-10-5-6-16-30(26)19-22-8-7-9-24(18-22)33-17-15-25-21(3)34-27(29-25)23-13-11-20(2)12-14-23/h7-9,11-14,18,26H,4-6,10,15-17,19H2,1-3H3. The van der Waals surface area contributed by atoms with Crippen LogP contribution in [-0.2, 0) is 22.5 Å². The van der Waals surface area contributed by atoms with Crippen molar-refractivity contribution in [2.75, 3.05) is 19.8 Å². The molecule has 1 fully saturated rings. The van der Waals surface area contributed by atoms with Crippen LogP contribution in [0.3, 0.4) is 0 Å². The number of aryl methyl sites for hydroxylation is 2. The van der Waals surface area contributed by atoms with E-state index in [1.165, 1.54) is 5.56 Å². The summed E-state index contributed by atoms with van der Waals surface area (Å²) in [5, 5.41) is 0. The second kappa shape index (κ2) is 11.3. The molecule has 0 aliphatic carbocycles. The fraction of sp³-hybridized carbons (Fsp3) is 0.429. The van der Waals surface area contributed by atoms with Crippen molar-refractivity contribution in [3.05, 3.63) is 71.1 Å². The van der Waals surface area contributed by atoms with Gasteiger partial charge in [0.25, 0.3) is 0 Å². The van der Waals surface area contributed by atoms with E-state index in [9.17, 15) is 4.79 Å². The average molecular weight is 463 g/mol. The molecule has 0 N–H and O–H groups in total. The zero-order valence-corrected chi connectivity index (χ0v) is 20.4. The van der Waals surface area contributed by atoms with E-state index in [0.29, 0.717) is 32.1 Å². The van der Waals surface area contributed by atoms with Gasteiger partial charge in [-0.1, -0.05) is 36.2 Å². The third-order valence-corrected chi connectivity index (χ3v) is 6.26. The normalized spacial score (nSPS) is 16.4. The number of likely N-dealkylation sites (tertiary alicyclic amines) is 1. The molecule has 3 aromatic rings. The molecule has 1 aliphatic rings. The fourth-order valence-electron chi connectivity index (χ4n) is 4.40. The van der Waals surface area contributed by atoms with Crippen LogP contribution in [0.5, 0.6) is 5.75 Å². The van der Waals surface area contributed by atoms with E-state index in [-0.39, 0.29) is 12.0 Å². The van der Waals surface area contributed by atoms with Gasteiger partial charge in [-0.15, -0.1) is 0 Å². The number of hydrogen-bond donors (Lipinski definition) is 0. The highest BCUT2D eigenvalue weighted by Crippen LogP contribution is 2.24. The average Bonchev–Trinajstić information content (AvgIpc) is 3.20. The van der Waals surface area contributed by atoms with Crippen molar-refractivity contribution in [3.8, 4) is 17.2 Å². The first-order valence-electron chi connectivity index (χ1n) is 12.2. The molecule has 1 unspecified atom stereocenters. The summed E-state index contributed by atoms with van der Waals surface area (Å²) >= 11 is 0. The van der Waals surface area contributed by atoms with Gasteiger partial charge in [-0.3, -0.25) is 9.69 Å². The predicted octanol–water partition coefficient (Wildman–Crippen LogP) is 5.50. The molecule has 34 heavy (non-hydrogen) atoms. The maximum Gasteiger partial charge on any atom is 0.323 e. The van der Waals surface area contributed by atoms with Gasteiger partial charge in [0, 0.05) is 18.5 Å². The first kappa shape index (κ1) is 24.0. The molecule has 0 amide bonds. The lowest BCUT2D eigenvalue weighted by molar-refractivity contribution is -0.151. The van der Waals surface area contributed by atoms with Crippen molar-refractivity contribution < 1.29 is 18.7 Å². The number of oxazole rings is 1. The molecular formula is C28H34N2O4. The quantitative estimate of drug-likeness (QED) is 0.392. The molecule has 0 radical (unpaired) electrons. The van der Waals surface area contributed by atoms with Crippen molar-refractivity contribution in [1.29, 1.82) is 0 Å². The molecule has 1 aromatic heterocycles. The number of carbonyl (C=O) groups excluding carboxylic acids is 1. The molecule has 0 bridgehead atoms. The second-order valence-electron chi connectivity index (χ2n) is 8.87. The van der Waals surface area contributed by atoms with Crippen LogP contribution in [-0.4, -0.2) is 41.7 Å². The van der Waals surface area contributed by atoms with Crippen LogP contribution in [0, 0.1) is 13.8 Å². The number of aromatic nitrogens is 1. The highest BCUT2D eigenvalue weighted by Gasteiger charge is 2.29. The first-order chi connectivity index (χ1) is 16.5. The molecule has 1 atom stereocenters. The van der Waals surface area contributed by atoms with E-state index >= 15 is 0 Å². The second-order valence-corrected chi connectivity index (χ2v) is 8.87. The van der Waals surface area contributed by atoms with Gasteiger partial charge < -0.3 is 13.9 Å². The molecule has 2 heterocycles. The highest BCUT2D eigenvalue weighted by molar-refractivity contribution is 5.75. The maximum atomic E-state index is 12.4. The van der Waals surface area contributed by atoms with Crippen LogP contribution in [0.4, 0.5) is 0 Å². The lowest BCUT2D eigenvalue weighted by Gasteiger charge is -2.34. The number of piperidine rings is 1. The minimum Gasteiger partial charge on any atom is -0.493 e. The third-order valence-electron chi connectivity index (χ3n) is 6.26. The summed E-state index contributed by atoms with van der Waals surface area (Å²) in [5.41, 5.74) is 4.23. The monoisotopic (exact) mass is 462 g/mol. The predicted molar refractivity (Wildman–Crippen MR) is 132 cm³/mol. The van der Waals surface area contributed by atoms with Crippen LogP contribution >= 0.6 is 0 Å². The van der Waals surface area contributed by atoms with Crippen molar-refractivity contribution in [2.24, 2.45) is 0 Å². The van der Waals surface area contributed by atoms with E-state index < -0.39 is 0 Å². The summed E-state index contributed by atoms with van der Waals surface area (Å²) in [6, 6.07) is 16.1. The molecule has 4 rings (SSSR count). The molecule has 1 saturated heterocycles. The summed E-state index contributed by atoms with van der Waals surface area (Å²) in [4.78, 5) is 19.3. The number of ether oxygens (including phenoxy) is 2. The van der Waals surface area contributed by atoms with Gasteiger partial charge in [0.05, 0.1) is 18.9 Å². The van der Waals surface area contributed by atoms with Gasteiger partial charge >= 0.3 is 5.97 Å². The Morgan fingerprint density at radius 2 is 1.97 bits per heavy atom. The fourth-order valence-corrected chi connectivity index (χ4v) is 4.40. The van der Waals surface area contributed by atoms with Crippen LogP contribution in [0.25, 0.3) is 11.5 Å². The van der Waals surface area contributed by atoms with E-state index in [0.717, 1.165) is 54.1 Å². The lowest BCUT2D eigenvalue weighted by atomic mass is 10.0. The van der Waals surface area contributed by atoms with Crippen LogP contribution < -0.4 is 4.74 Å². The van der Waals surface area contributed by atoms with Crippen molar-refractivity contribution >= 4 is 5.97 Å². The van der Waals surface area contributed by atoms with E-state index in [4.69, 9.17) is 13.9 Å². The molecule has 1 aliphatic heterocycles. The van der Waals surface area contributed by atoms with E-state index in [1.807, 2.05) is 38.1 Å². The molecule has 6 nitrogen and oxygen atoms in total. The summed E-state index contributed by atoms with van der Waals surface area (Å²) in [6.07, 6.45) is 3.70. The highest BCUT2D eigenvalue weighted by atomic mass is 16.5. The zero-order chi connectivity index (χ0) is 23.9. The number of rotatable bonds is 9. The Balaban J connectivity index is 1.34. The number of benzene rings is 2. The minimum atomic E-state index is -0.156. The number of carbonyl (C=O) groups is 1. The summed E-state index contributed by atoms with van der Waals surface area (Å²) in [5.74, 6) is 2.18. The Bertz CT molecular complexity index is 1090. The van der Waals surface area contributed by atoms with Gasteiger partial charge in [0.15, 0.2) is 0 Å². The Hall–Kier alpha value is -3.12. The Morgan fingerprint density at radius 1 is 1.15 bits per heavy atom. The van der Waals surface area contributed by atoms with Gasteiger partial charge in [-0.2, -0.15) is 0 Å². The summed E-state index contributed by atoms with van der Waals surface area (Å²) in [6.45, 7) is 8.41. The minimum absolute atomic E-state index is 0.109. The van der Waals surface area contributed by atoms with Gasteiger partial charge in [-0.05, 0) is 70.0 Å². The summed E-state index contributed by atoms with van der Waals surface area (Å²) < 4.78 is 17.2. The van der Waals surface area contributed by atoms with Crippen LogP contribution in [0.15, 0.2) is 52.9 Å². The number of hydrogen-bond acceptors (Lipinski definition) is 6. The number of esters is 1. The molecule has 6 heteroatoms.